The zero-order valence-electron chi connectivity index (χ0n) is 11.5. The van der Waals surface area contributed by atoms with Crippen molar-refractivity contribution in [2.75, 3.05) is 6.26 Å². The third-order valence-corrected chi connectivity index (χ3v) is 4.55. The van der Waals surface area contributed by atoms with E-state index in [1.54, 1.807) is 18.5 Å². The number of fused-ring (bicyclic) bond motifs is 2. The van der Waals surface area contributed by atoms with E-state index in [9.17, 15) is 0 Å². The fourth-order valence-corrected chi connectivity index (χ4v) is 3.10. The van der Waals surface area contributed by atoms with Gasteiger partial charge >= 0.3 is 0 Å². The highest BCUT2D eigenvalue weighted by atomic mass is 79.9. The molecule has 10 heteroatoms. The number of rotatable bonds is 1. The maximum atomic E-state index is 5.39. The lowest BCUT2D eigenvalue weighted by molar-refractivity contribution is 0.488. The third-order valence-electron chi connectivity index (χ3n) is 2.71. The molecule has 0 aliphatic heterocycles. The van der Waals surface area contributed by atoms with Crippen molar-refractivity contribution in [2.45, 2.75) is 5.22 Å². The van der Waals surface area contributed by atoms with Gasteiger partial charge in [-0.05, 0) is 62.5 Å². The number of nitrogens with one attached hydrogen (secondary N) is 1. The Balaban J connectivity index is 0.000000136. The van der Waals surface area contributed by atoms with Gasteiger partial charge in [0.05, 0.1) is 5.52 Å². The zero-order valence-corrected chi connectivity index (χ0v) is 16.3. The number of thioether (sulfide) groups is 1. The number of H-pyrrole nitrogens is 1. The number of oxazole rings is 2. The largest absolute Gasteiger partial charge is 0.428 e. The van der Waals surface area contributed by atoms with E-state index < -0.39 is 0 Å². The molecular formula is C13H8Br2N4O2S2. The van der Waals surface area contributed by atoms with Crippen LogP contribution in [0.3, 0.4) is 0 Å². The summed E-state index contributed by atoms with van der Waals surface area (Å²) < 4.78 is 11.9. The Morgan fingerprint density at radius 1 is 1.09 bits per heavy atom. The zero-order chi connectivity index (χ0) is 16.4. The molecule has 0 bridgehead atoms. The number of aromatic amines is 1. The predicted molar refractivity (Wildman–Crippen MR) is 98.2 cm³/mol. The van der Waals surface area contributed by atoms with Crippen LogP contribution in [0.4, 0.5) is 0 Å². The molecule has 4 aromatic heterocycles. The summed E-state index contributed by atoms with van der Waals surface area (Å²) in [4.78, 5) is 15.5. The van der Waals surface area contributed by atoms with Crippen LogP contribution in [0.1, 0.15) is 0 Å². The number of halogens is 2. The van der Waals surface area contributed by atoms with Crippen molar-refractivity contribution in [1.29, 1.82) is 0 Å². The second-order valence-electron chi connectivity index (χ2n) is 4.13. The van der Waals surface area contributed by atoms with Gasteiger partial charge < -0.3 is 13.8 Å². The molecular weight excluding hydrogens is 468 g/mol. The summed E-state index contributed by atoms with van der Waals surface area (Å²) in [5.41, 5.74) is 3.07. The predicted octanol–water partition coefficient (Wildman–Crippen LogP) is 5.36. The van der Waals surface area contributed by atoms with E-state index in [0.29, 0.717) is 30.4 Å². The number of aromatic nitrogens is 4. The first-order chi connectivity index (χ1) is 11.1. The lowest BCUT2D eigenvalue weighted by Crippen LogP contribution is -1.73. The molecule has 23 heavy (non-hydrogen) atoms. The molecule has 4 aromatic rings. The third kappa shape index (κ3) is 3.65. The Labute approximate surface area is 156 Å². The number of nitrogens with zero attached hydrogens (tertiary/aromatic N) is 3. The summed E-state index contributed by atoms with van der Waals surface area (Å²) in [6.45, 7) is 0. The molecule has 0 radical (unpaired) electrons. The number of pyridine rings is 2. The first-order valence-corrected chi connectivity index (χ1v) is 9.38. The average Bonchev–Trinajstić information content (AvgIpc) is 3.12. The minimum atomic E-state index is 0.369. The van der Waals surface area contributed by atoms with Crippen molar-refractivity contribution in [2.24, 2.45) is 0 Å². The van der Waals surface area contributed by atoms with Gasteiger partial charge in [-0.2, -0.15) is 0 Å². The van der Waals surface area contributed by atoms with E-state index in [4.69, 9.17) is 21.1 Å². The highest BCUT2D eigenvalue weighted by Crippen LogP contribution is 2.25. The van der Waals surface area contributed by atoms with Crippen LogP contribution in [0.25, 0.3) is 22.2 Å². The Hall–Kier alpha value is -1.23. The minimum Gasteiger partial charge on any atom is -0.428 e. The van der Waals surface area contributed by atoms with E-state index in [1.807, 2.05) is 12.3 Å². The molecule has 6 nitrogen and oxygen atoms in total. The van der Waals surface area contributed by atoms with Gasteiger partial charge in [-0.1, -0.05) is 11.8 Å². The van der Waals surface area contributed by atoms with Gasteiger partial charge in [0.1, 0.15) is 5.52 Å². The second kappa shape index (κ2) is 7.12. The molecule has 0 unspecified atom stereocenters. The standard InChI is InChI=1S/C7H5BrN2OS.C6H3BrN2OS/c1-12-7-10-4-2-3-9-6(8)5(4)11-7;7-5-4-3(1-2-8-5)9-6(11)10-4/h2-3H,1H3;1-2H,(H,9,11). The highest BCUT2D eigenvalue weighted by molar-refractivity contribution is 9.10. The van der Waals surface area contributed by atoms with E-state index in [-0.39, 0.29) is 0 Å². The number of hydrogen-bond acceptors (Lipinski definition) is 7. The van der Waals surface area contributed by atoms with Crippen LogP contribution in [0.5, 0.6) is 0 Å². The smallest absolute Gasteiger partial charge is 0.266 e. The van der Waals surface area contributed by atoms with Crippen LogP contribution in [0.15, 0.2) is 47.8 Å². The first-order valence-electron chi connectivity index (χ1n) is 6.17. The molecule has 0 saturated heterocycles. The first kappa shape index (κ1) is 16.6. The van der Waals surface area contributed by atoms with Gasteiger partial charge in [0, 0.05) is 12.4 Å². The molecule has 0 atom stereocenters. The van der Waals surface area contributed by atoms with Crippen LogP contribution in [-0.2, 0) is 0 Å². The van der Waals surface area contributed by atoms with Crippen molar-refractivity contribution in [3.8, 4) is 0 Å². The molecule has 1 N–H and O–H groups in total. The van der Waals surface area contributed by atoms with Gasteiger partial charge in [0.25, 0.3) is 10.1 Å². The molecule has 118 valence electrons. The Morgan fingerprint density at radius 2 is 1.78 bits per heavy atom. The van der Waals surface area contributed by atoms with Crippen molar-refractivity contribution >= 4 is 78.0 Å². The lowest BCUT2D eigenvalue weighted by atomic mass is 10.4. The highest BCUT2D eigenvalue weighted by Gasteiger charge is 2.07. The second-order valence-corrected chi connectivity index (χ2v) is 6.76. The molecule has 0 fully saturated rings. The normalized spacial score (nSPS) is 10.7. The molecule has 0 aliphatic carbocycles. The Bertz CT molecular complexity index is 1030. The molecule has 4 heterocycles. The maximum Gasteiger partial charge on any atom is 0.266 e. The van der Waals surface area contributed by atoms with Crippen LogP contribution in [0, 0.1) is 4.84 Å². The van der Waals surface area contributed by atoms with E-state index in [0.717, 1.165) is 11.0 Å². The topological polar surface area (TPSA) is 80.7 Å². The summed E-state index contributed by atoms with van der Waals surface area (Å²) in [5, 5.41) is 0.665. The van der Waals surface area contributed by atoms with E-state index in [1.165, 1.54) is 11.8 Å². The van der Waals surface area contributed by atoms with Crippen LogP contribution in [-0.4, -0.2) is 26.2 Å². The van der Waals surface area contributed by atoms with Gasteiger partial charge in [-0.15, -0.1) is 0 Å². The van der Waals surface area contributed by atoms with Crippen LogP contribution in [0.2, 0.25) is 0 Å². The molecule has 0 amide bonds. The molecule has 0 aromatic carbocycles. The Morgan fingerprint density at radius 3 is 2.43 bits per heavy atom. The van der Waals surface area contributed by atoms with Gasteiger partial charge in [0.2, 0.25) is 0 Å². The maximum absolute atomic E-state index is 5.39. The summed E-state index contributed by atoms with van der Waals surface area (Å²) in [5.74, 6) is 0. The van der Waals surface area contributed by atoms with Crippen LogP contribution < -0.4 is 0 Å². The fraction of sp³-hybridized carbons (Fsp3) is 0.0769. The Kier molecular flexibility index (Phi) is 5.14. The molecule has 4 rings (SSSR count). The minimum absolute atomic E-state index is 0.369. The average molecular weight is 476 g/mol. The van der Waals surface area contributed by atoms with Crippen molar-refractivity contribution in [1.82, 2.24) is 19.9 Å². The van der Waals surface area contributed by atoms with Gasteiger partial charge in [-0.3, -0.25) is 0 Å². The van der Waals surface area contributed by atoms with Crippen molar-refractivity contribution in [3.05, 3.63) is 38.6 Å². The lowest BCUT2D eigenvalue weighted by Gasteiger charge is -1.86. The molecule has 0 spiro atoms. The van der Waals surface area contributed by atoms with E-state index >= 15 is 0 Å². The monoisotopic (exact) mass is 474 g/mol. The van der Waals surface area contributed by atoms with Crippen molar-refractivity contribution in [3.63, 3.8) is 0 Å². The summed E-state index contributed by atoms with van der Waals surface area (Å²) in [6, 6.07) is 3.63. The van der Waals surface area contributed by atoms with Gasteiger partial charge in [0.15, 0.2) is 20.4 Å². The SMILES string of the molecule is CSc1nc2ccnc(Br)c2o1.S=c1[nH]c2ccnc(Br)c2o1. The van der Waals surface area contributed by atoms with Crippen LogP contribution >= 0.6 is 55.8 Å². The fourth-order valence-electron chi connectivity index (χ4n) is 1.74. The van der Waals surface area contributed by atoms with E-state index in [2.05, 4.69) is 51.8 Å². The molecule has 0 aliphatic rings. The summed E-state index contributed by atoms with van der Waals surface area (Å²) in [7, 11) is 0. The summed E-state index contributed by atoms with van der Waals surface area (Å²) in [6.07, 6.45) is 5.29. The number of hydrogen-bond donors (Lipinski definition) is 1. The molecule has 0 saturated carbocycles. The quantitative estimate of drug-likeness (QED) is 0.225. The van der Waals surface area contributed by atoms with Crippen molar-refractivity contribution < 1.29 is 8.83 Å². The summed E-state index contributed by atoms with van der Waals surface area (Å²) >= 11 is 12.8. The van der Waals surface area contributed by atoms with Gasteiger partial charge in [-0.25, -0.2) is 15.0 Å².